The normalized spacial score (nSPS) is 13.1. The molecule has 1 N–H and O–H groups in total. The van der Waals surface area contributed by atoms with Gasteiger partial charge in [0.15, 0.2) is 0 Å². The first-order valence-electron chi connectivity index (χ1n) is 8.55. The number of anilines is 1. The highest BCUT2D eigenvalue weighted by Gasteiger charge is 2.21. The zero-order valence-corrected chi connectivity index (χ0v) is 15.7. The lowest BCUT2D eigenvalue weighted by Crippen LogP contribution is -2.39. The molecule has 2 aromatic rings. The van der Waals surface area contributed by atoms with E-state index in [9.17, 15) is 9.59 Å². The molecular formula is C20H22ClN3O2. The summed E-state index contributed by atoms with van der Waals surface area (Å²) in [7, 11) is 3.38. The number of benzene rings is 2. The van der Waals surface area contributed by atoms with Gasteiger partial charge in [-0.15, -0.1) is 0 Å². The Bertz CT molecular complexity index is 836. The third-order valence-corrected chi connectivity index (χ3v) is 4.77. The highest BCUT2D eigenvalue weighted by molar-refractivity contribution is 6.31. The summed E-state index contributed by atoms with van der Waals surface area (Å²) in [5.41, 5.74) is 3.56. The molecule has 0 fully saturated rings. The van der Waals surface area contributed by atoms with Crippen LogP contribution in [0.25, 0.3) is 0 Å². The Labute approximate surface area is 158 Å². The van der Waals surface area contributed by atoms with Gasteiger partial charge in [0, 0.05) is 37.9 Å². The van der Waals surface area contributed by atoms with Crippen molar-refractivity contribution in [3.8, 4) is 0 Å². The minimum Gasteiger partial charge on any atom is -0.375 e. The van der Waals surface area contributed by atoms with E-state index in [0.29, 0.717) is 29.4 Å². The topological polar surface area (TPSA) is 52.7 Å². The molecule has 1 aliphatic heterocycles. The van der Waals surface area contributed by atoms with E-state index < -0.39 is 0 Å². The van der Waals surface area contributed by atoms with E-state index in [1.165, 1.54) is 16.0 Å². The lowest BCUT2D eigenvalue weighted by molar-refractivity contribution is -0.130. The van der Waals surface area contributed by atoms with Gasteiger partial charge in [0.25, 0.3) is 5.91 Å². The Morgan fingerprint density at radius 3 is 2.62 bits per heavy atom. The standard InChI is InChI=1S/C20H22ClN3O2/c1-23(2)20(26)17-8-7-16(21)11-18(17)22-12-19(25)24-10-9-14-5-3-4-6-15(14)13-24/h3-8,11,22H,9-10,12-13H2,1-2H3. The maximum Gasteiger partial charge on any atom is 0.255 e. The summed E-state index contributed by atoms with van der Waals surface area (Å²) < 4.78 is 0. The van der Waals surface area contributed by atoms with Gasteiger partial charge in [0.05, 0.1) is 12.1 Å². The van der Waals surface area contributed by atoms with Crippen molar-refractivity contribution in [1.29, 1.82) is 0 Å². The first kappa shape index (κ1) is 18.3. The van der Waals surface area contributed by atoms with Crippen LogP contribution in [-0.4, -0.2) is 48.8 Å². The molecule has 6 heteroatoms. The summed E-state index contributed by atoms with van der Waals surface area (Å²) in [4.78, 5) is 28.3. The Hall–Kier alpha value is -2.53. The number of carbonyl (C=O) groups is 2. The van der Waals surface area contributed by atoms with Crippen LogP contribution in [0.5, 0.6) is 0 Å². The molecule has 0 saturated carbocycles. The molecule has 0 saturated heterocycles. The maximum absolute atomic E-state index is 12.6. The first-order chi connectivity index (χ1) is 12.5. The van der Waals surface area contributed by atoms with Crippen LogP contribution >= 0.6 is 11.6 Å². The number of fused-ring (bicyclic) bond motifs is 1. The smallest absolute Gasteiger partial charge is 0.255 e. The Morgan fingerprint density at radius 1 is 1.15 bits per heavy atom. The molecule has 26 heavy (non-hydrogen) atoms. The number of amides is 2. The Balaban J connectivity index is 1.69. The molecule has 0 bridgehead atoms. The number of rotatable bonds is 4. The number of hydrogen-bond acceptors (Lipinski definition) is 3. The SMILES string of the molecule is CN(C)C(=O)c1ccc(Cl)cc1NCC(=O)N1CCc2ccccc2C1. The summed E-state index contributed by atoms with van der Waals surface area (Å²) >= 11 is 6.06. The van der Waals surface area contributed by atoms with Crippen molar-refractivity contribution in [2.45, 2.75) is 13.0 Å². The summed E-state index contributed by atoms with van der Waals surface area (Å²) in [5.74, 6) is -0.133. The van der Waals surface area contributed by atoms with Crippen LogP contribution in [0.15, 0.2) is 42.5 Å². The minimum absolute atomic E-state index is 0.00253. The van der Waals surface area contributed by atoms with E-state index in [0.717, 1.165) is 6.42 Å². The quantitative estimate of drug-likeness (QED) is 0.898. The van der Waals surface area contributed by atoms with E-state index in [1.54, 1.807) is 32.3 Å². The average Bonchev–Trinajstić information content (AvgIpc) is 2.65. The Kier molecular flexibility index (Phi) is 5.47. The van der Waals surface area contributed by atoms with E-state index in [1.807, 2.05) is 17.0 Å². The van der Waals surface area contributed by atoms with Gasteiger partial charge in [-0.3, -0.25) is 9.59 Å². The predicted octanol–water partition coefficient (Wildman–Crippen LogP) is 3.04. The molecule has 0 atom stereocenters. The molecule has 2 amide bonds. The van der Waals surface area contributed by atoms with Gasteiger partial charge in [0.2, 0.25) is 5.91 Å². The molecule has 0 radical (unpaired) electrons. The summed E-state index contributed by atoms with van der Waals surface area (Å²) in [6, 6.07) is 13.2. The zero-order valence-electron chi connectivity index (χ0n) is 15.0. The van der Waals surface area contributed by atoms with Crippen molar-refractivity contribution in [3.05, 3.63) is 64.2 Å². The van der Waals surface area contributed by atoms with Gasteiger partial charge in [-0.25, -0.2) is 0 Å². The van der Waals surface area contributed by atoms with Gasteiger partial charge in [0.1, 0.15) is 0 Å². The molecule has 0 spiro atoms. The fraction of sp³-hybridized carbons (Fsp3) is 0.300. The van der Waals surface area contributed by atoms with Crippen molar-refractivity contribution >= 4 is 29.1 Å². The zero-order chi connectivity index (χ0) is 18.7. The van der Waals surface area contributed by atoms with Crippen LogP contribution in [0, 0.1) is 0 Å². The van der Waals surface area contributed by atoms with E-state index in [2.05, 4.69) is 17.4 Å². The number of nitrogens with zero attached hydrogens (tertiary/aromatic N) is 2. The molecule has 0 aromatic heterocycles. The van der Waals surface area contributed by atoms with Gasteiger partial charge < -0.3 is 15.1 Å². The van der Waals surface area contributed by atoms with Crippen molar-refractivity contribution in [3.63, 3.8) is 0 Å². The second-order valence-electron chi connectivity index (χ2n) is 6.58. The number of halogens is 1. The average molecular weight is 372 g/mol. The van der Waals surface area contributed by atoms with Crippen molar-refractivity contribution in [2.75, 3.05) is 32.5 Å². The lowest BCUT2D eigenvalue weighted by atomic mass is 10.00. The molecule has 5 nitrogen and oxygen atoms in total. The molecule has 136 valence electrons. The van der Waals surface area contributed by atoms with Crippen LogP contribution in [0.4, 0.5) is 5.69 Å². The van der Waals surface area contributed by atoms with Crippen molar-refractivity contribution in [1.82, 2.24) is 9.80 Å². The van der Waals surface area contributed by atoms with Crippen LogP contribution in [0.3, 0.4) is 0 Å². The lowest BCUT2D eigenvalue weighted by Gasteiger charge is -2.29. The predicted molar refractivity (Wildman–Crippen MR) is 104 cm³/mol. The fourth-order valence-electron chi connectivity index (χ4n) is 3.08. The van der Waals surface area contributed by atoms with E-state index >= 15 is 0 Å². The number of carbonyl (C=O) groups excluding carboxylic acids is 2. The first-order valence-corrected chi connectivity index (χ1v) is 8.93. The number of nitrogens with one attached hydrogen (secondary N) is 1. The van der Waals surface area contributed by atoms with Gasteiger partial charge in [-0.05, 0) is 35.7 Å². The molecule has 1 heterocycles. The summed E-state index contributed by atoms with van der Waals surface area (Å²) in [5, 5.41) is 3.60. The van der Waals surface area contributed by atoms with Crippen molar-refractivity contribution in [2.24, 2.45) is 0 Å². The number of hydrogen-bond donors (Lipinski definition) is 1. The molecule has 1 aliphatic rings. The van der Waals surface area contributed by atoms with Crippen LogP contribution in [0.1, 0.15) is 21.5 Å². The maximum atomic E-state index is 12.6. The van der Waals surface area contributed by atoms with Crippen LogP contribution in [0.2, 0.25) is 5.02 Å². The third-order valence-electron chi connectivity index (χ3n) is 4.53. The van der Waals surface area contributed by atoms with Crippen LogP contribution in [-0.2, 0) is 17.8 Å². The second-order valence-corrected chi connectivity index (χ2v) is 7.01. The highest BCUT2D eigenvalue weighted by atomic mass is 35.5. The second kappa shape index (κ2) is 7.79. The summed E-state index contributed by atoms with van der Waals surface area (Å²) in [6.07, 6.45) is 0.865. The van der Waals surface area contributed by atoms with Gasteiger partial charge in [-0.1, -0.05) is 35.9 Å². The van der Waals surface area contributed by atoms with Gasteiger partial charge in [-0.2, -0.15) is 0 Å². The van der Waals surface area contributed by atoms with Crippen molar-refractivity contribution < 1.29 is 9.59 Å². The Morgan fingerprint density at radius 2 is 1.88 bits per heavy atom. The molecule has 0 aliphatic carbocycles. The molecule has 0 unspecified atom stereocenters. The molecule has 3 rings (SSSR count). The third kappa shape index (κ3) is 3.99. The molecular weight excluding hydrogens is 350 g/mol. The largest absolute Gasteiger partial charge is 0.375 e. The van der Waals surface area contributed by atoms with E-state index in [-0.39, 0.29) is 18.4 Å². The molecule has 2 aromatic carbocycles. The monoisotopic (exact) mass is 371 g/mol. The highest BCUT2D eigenvalue weighted by Crippen LogP contribution is 2.23. The minimum atomic E-state index is -0.136. The van der Waals surface area contributed by atoms with Crippen LogP contribution < -0.4 is 5.32 Å². The van der Waals surface area contributed by atoms with E-state index in [4.69, 9.17) is 11.6 Å². The summed E-state index contributed by atoms with van der Waals surface area (Å²) in [6.45, 7) is 1.45. The fourth-order valence-corrected chi connectivity index (χ4v) is 3.25. The van der Waals surface area contributed by atoms with Gasteiger partial charge >= 0.3 is 0 Å².